The Morgan fingerprint density at radius 1 is 1.19 bits per heavy atom. The third kappa shape index (κ3) is 5.86. The molecule has 1 N–H and O–H groups in total. The van der Waals surface area contributed by atoms with Gasteiger partial charge >= 0.3 is 0 Å². The summed E-state index contributed by atoms with van der Waals surface area (Å²) >= 11 is 0. The molecule has 0 aromatic rings. The van der Waals surface area contributed by atoms with Gasteiger partial charge < -0.3 is 10.2 Å². The van der Waals surface area contributed by atoms with Crippen LogP contribution in [0.4, 0.5) is 0 Å². The van der Waals surface area contributed by atoms with E-state index in [1.807, 2.05) is 0 Å². The van der Waals surface area contributed by atoms with Crippen LogP contribution < -0.4 is 5.32 Å². The van der Waals surface area contributed by atoms with E-state index >= 15 is 0 Å². The van der Waals surface area contributed by atoms with Crippen LogP contribution in [0.25, 0.3) is 0 Å². The summed E-state index contributed by atoms with van der Waals surface area (Å²) in [7, 11) is 0. The van der Waals surface area contributed by atoms with Crippen LogP contribution in [0.5, 0.6) is 0 Å². The van der Waals surface area contributed by atoms with E-state index in [1.165, 1.54) is 45.4 Å². The second kappa shape index (κ2) is 6.61. The zero-order valence-corrected chi connectivity index (χ0v) is 11.7. The number of nitrogens with one attached hydrogen (secondary N) is 1. The van der Waals surface area contributed by atoms with Crippen LogP contribution in [-0.4, -0.2) is 37.6 Å². The molecule has 2 nitrogen and oxygen atoms in total. The highest BCUT2D eigenvalue weighted by atomic mass is 15.1. The zero-order valence-electron chi connectivity index (χ0n) is 11.7. The molecule has 0 spiro atoms. The summed E-state index contributed by atoms with van der Waals surface area (Å²) in [6.45, 7) is 15.4. The van der Waals surface area contributed by atoms with Gasteiger partial charge in [0.1, 0.15) is 0 Å². The van der Waals surface area contributed by atoms with Gasteiger partial charge in [-0.2, -0.15) is 0 Å². The summed E-state index contributed by atoms with van der Waals surface area (Å²) in [5.41, 5.74) is 0.422. The molecule has 0 bridgehead atoms. The zero-order chi connectivity index (χ0) is 12.0. The van der Waals surface area contributed by atoms with Crippen molar-refractivity contribution in [2.45, 2.75) is 47.0 Å². The van der Waals surface area contributed by atoms with E-state index in [0.717, 1.165) is 12.5 Å². The number of likely N-dealkylation sites (tertiary alicyclic amines) is 1. The Morgan fingerprint density at radius 2 is 1.81 bits per heavy atom. The molecule has 0 radical (unpaired) electrons. The molecule has 2 heteroatoms. The lowest BCUT2D eigenvalue weighted by Crippen LogP contribution is -2.35. The third-order valence-electron chi connectivity index (χ3n) is 3.54. The lowest BCUT2D eigenvalue weighted by molar-refractivity contribution is 0.185. The van der Waals surface area contributed by atoms with Gasteiger partial charge in [-0.15, -0.1) is 0 Å². The van der Waals surface area contributed by atoms with E-state index in [4.69, 9.17) is 0 Å². The molecule has 1 saturated heterocycles. The smallest absolute Gasteiger partial charge is 0.0000124 e. The molecule has 0 aliphatic carbocycles. The van der Waals surface area contributed by atoms with Crippen LogP contribution in [0.2, 0.25) is 0 Å². The monoisotopic (exact) mass is 226 g/mol. The van der Waals surface area contributed by atoms with Gasteiger partial charge in [-0.3, -0.25) is 0 Å². The van der Waals surface area contributed by atoms with Crippen molar-refractivity contribution in [1.29, 1.82) is 0 Å². The van der Waals surface area contributed by atoms with Crippen molar-refractivity contribution >= 4 is 0 Å². The molecule has 16 heavy (non-hydrogen) atoms. The Hall–Kier alpha value is -0.0800. The Bertz CT molecular complexity index is 176. The number of nitrogens with zero attached hydrogens (tertiary/aromatic N) is 1. The molecule has 1 heterocycles. The van der Waals surface area contributed by atoms with Gasteiger partial charge in [0.25, 0.3) is 0 Å². The van der Waals surface area contributed by atoms with Crippen molar-refractivity contribution in [2.75, 3.05) is 32.7 Å². The molecule has 0 unspecified atom stereocenters. The van der Waals surface area contributed by atoms with Crippen LogP contribution in [-0.2, 0) is 0 Å². The maximum atomic E-state index is 3.58. The van der Waals surface area contributed by atoms with Crippen LogP contribution in [0.3, 0.4) is 0 Å². The van der Waals surface area contributed by atoms with Crippen molar-refractivity contribution < 1.29 is 0 Å². The van der Waals surface area contributed by atoms with Gasteiger partial charge in [0, 0.05) is 0 Å². The summed E-state index contributed by atoms with van der Waals surface area (Å²) in [6.07, 6.45) is 4.18. The van der Waals surface area contributed by atoms with E-state index < -0.39 is 0 Å². The molecule has 1 aliphatic heterocycles. The number of piperidine rings is 1. The maximum absolute atomic E-state index is 3.58. The second-order valence-corrected chi connectivity index (χ2v) is 6.40. The van der Waals surface area contributed by atoms with Gasteiger partial charge in [0.15, 0.2) is 0 Å². The van der Waals surface area contributed by atoms with Gasteiger partial charge in [-0.25, -0.2) is 0 Å². The van der Waals surface area contributed by atoms with Crippen molar-refractivity contribution in [3.8, 4) is 0 Å². The Labute approximate surface area is 102 Å². The Kier molecular flexibility index (Phi) is 5.77. The van der Waals surface area contributed by atoms with E-state index in [1.54, 1.807) is 0 Å². The molecule has 0 amide bonds. The number of hydrogen-bond donors (Lipinski definition) is 1. The fraction of sp³-hybridized carbons (Fsp3) is 1.00. The Morgan fingerprint density at radius 3 is 2.31 bits per heavy atom. The topological polar surface area (TPSA) is 15.3 Å². The van der Waals surface area contributed by atoms with Crippen molar-refractivity contribution in [2.24, 2.45) is 11.3 Å². The average molecular weight is 226 g/mol. The molecule has 0 atom stereocenters. The first-order valence-corrected chi connectivity index (χ1v) is 6.94. The highest BCUT2D eigenvalue weighted by Crippen LogP contribution is 2.19. The third-order valence-corrected chi connectivity index (χ3v) is 3.54. The molecule has 96 valence electrons. The van der Waals surface area contributed by atoms with Gasteiger partial charge in [-0.1, -0.05) is 27.7 Å². The van der Waals surface area contributed by atoms with E-state index in [9.17, 15) is 0 Å². The number of hydrogen-bond acceptors (Lipinski definition) is 2. The molecular weight excluding hydrogens is 196 g/mol. The van der Waals surface area contributed by atoms with Gasteiger partial charge in [0.2, 0.25) is 0 Å². The van der Waals surface area contributed by atoms with Gasteiger partial charge in [-0.05, 0) is 63.3 Å². The summed E-state index contributed by atoms with van der Waals surface area (Å²) in [6, 6.07) is 0. The first-order valence-electron chi connectivity index (χ1n) is 6.94. The quantitative estimate of drug-likeness (QED) is 0.725. The predicted octanol–water partition coefficient (Wildman–Crippen LogP) is 2.74. The fourth-order valence-corrected chi connectivity index (χ4v) is 2.36. The minimum Gasteiger partial charge on any atom is -0.316 e. The van der Waals surface area contributed by atoms with E-state index in [2.05, 4.69) is 37.9 Å². The lowest BCUT2D eigenvalue weighted by atomic mass is 9.93. The fourth-order valence-electron chi connectivity index (χ4n) is 2.36. The first-order chi connectivity index (χ1) is 7.51. The van der Waals surface area contributed by atoms with Gasteiger partial charge in [0.05, 0.1) is 0 Å². The number of rotatable bonds is 5. The largest absolute Gasteiger partial charge is 0.316 e. The second-order valence-electron chi connectivity index (χ2n) is 6.40. The predicted molar refractivity (Wildman–Crippen MR) is 71.8 cm³/mol. The van der Waals surface area contributed by atoms with Crippen LogP contribution >= 0.6 is 0 Å². The summed E-state index contributed by atoms with van der Waals surface area (Å²) in [5, 5.41) is 3.58. The minimum absolute atomic E-state index is 0.422. The molecule has 1 aliphatic rings. The molecule has 1 fully saturated rings. The van der Waals surface area contributed by atoms with E-state index in [-0.39, 0.29) is 0 Å². The van der Waals surface area contributed by atoms with E-state index in [0.29, 0.717) is 5.41 Å². The van der Waals surface area contributed by atoms with Crippen molar-refractivity contribution in [3.05, 3.63) is 0 Å². The van der Waals surface area contributed by atoms with Crippen molar-refractivity contribution in [3.63, 3.8) is 0 Å². The molecule has 0 saturated carbocycles. The maximum Gasteiger partial charge on any atom is -0.0000124 e. The van der Waals surface area contributed by atoms with Crippen molar-refractivity contribution in [1.82, 2.24) is 10.2 Å². The molecule has 0 aromatic heterocycles. The molecular formula is C14H30N2. The summed E-state index contributed by atoms with van der Waals surface area (Å²) in [4.78, 5) is 2.57. The first kappa shape index (κ1) is 14.0. The SMILES string of the molecule is CCN1CCC(CCNCC(C)(C)C)CC1. The minimum atomic E-state index is 0.422. The Balaban J connectivity index is 2.02. The average Bonchev–Trinajstić information content (AvgIpc) is 2.24. The lowest BCUT2D eigenvalue weighted by Gasteiger charge is -2.31. The molecule has 0 aromatic carbocycles. The normalized spacial score (nSPS) is 20.2. The standard InChI is InChI=1S/C14H30N2/c1-5-16-10-7-13(8-11-16)6-9-15-12-14(2,3)4/h13,15H,5-12H2,1-4H3. The summed E-state index contributed by atoms with van der Waals surface area (Å²) < 4.78 is 0. The highest BCUT2D eigenvalue weighted by molar-refractivity contribution is 4.73. The van der Waals surface area contributed by atoms with Crippen LogP contribution in [0.1, 0.15) is 47.0 Å². The van der Waals surface area contributed by atoms with Crippen LogP contribution in [0.15, 0.2) is 0 Å². The highest BCUT2D eigenvalue weighted by Gasteiger charge is 2.17. The van der Waals surface area contributed by atoms with Crippen LogP contribution in [0, 0.1) is 11.3 Å². The summed E-state index contributed by atoms with van der Waals surface area (Å²) in [5.74, 6) is 0.968. The molecule has 1 rings (SSSR count).